The highest BCUT2D eigenvalue weighted by atomic mass is 15.2. The number of guanidine groups is 1. The van der Waals surface area contributed by atoms with E-state index in [1.165, 1.54) is 19.3 Å². The van der Waals surface area contributed by atoms with E-state index in [1.807, 2.05) is 0 Å². The molecule has 1 aliphatic carbocycles. The SMILES string of the molecule is CCN(CC)CCNC(N)=NCC1CCC1. The van der Waals surface area contributed by atoms with Crippen molar-refractivity contribution in [3.8, 4) is 0 Å². The van der Waals surface area contributed by atoms with Gasteiger partial charge in [0.05, 0.1) is 0 Å². The Labute approximate surface area is 99.3 Å². The van der Waals surface area contributed by atoms with Gasteiger partial charge < -0.3 is 16.0 Å². The number of rotatable bonds is 7. The first-order valence-corrected chi connectivity index (χ1v) is 6.52. The summed E-state index contributed by atoms with van der Waals surface area (Å²) in [4.78, 5) is 6.73. The highest BCUT2D eigenvalue weighted by Gasteiger charge is 2.16. The molecule has 4 nitrogen and oxygen atoms in total. The predicted molar refractivity (Wildman–Crippen MR) is 69.6 cm³/mol. The maximum atomic E-state index is 5.79. The van der Waals surface area contributed by atoms with Crippen molar-refractivity contribution in [3.05, 3.63) is 0 Å². The van der Waals surface area contributed by atoms with Crippen molar-refractivity contribution in [2.75, 3.05) is 32.7 Å². The van der Waals surface area contributed by atoms with Crippen molar-refractivity contribution in [1.82, 2.24) is 10.2 Å². The highest BCUT2D eigenvalue weighted by Crippen LogP contribution is 2.26. The van der Waals surface area contributed by atoms with Crippen LogP contribution in [-0.4, -0.2) is 43.6 Å². The Kier molecular flexibility index (Phi) is 6.23. The third kappa shape index (κ3) is 4.84. The number of hydrogen-bond acceptors (Lipinski definition) is 2. The summed E-state index contributed by atoms with van der Waals surface area (Å²) in [5.41, 5.74) is 5.79. The minimum absolute atomic E-state index is 0.610. The molecule has 1 aliphatic rings. The van der Waals surface area contributed by atoms with Gasteiger partial charge >= 0.3 is 0 Å². The zero-order valence-electron chi connectivity index (χ0n) is 10.7. The van der Waals surface area contributed by atoms with Crippen LogP contribution in [0.25, 0.3) is 0 Å². The van der Waals surface area contributed by atoms with Gasteiger partial charge in [0.25, 0.3) is 0 Å². The topological polar surface area (TPSA) is 53.6 Å². The third-order valence-corrected chi connectivity index (χ3v) is 3.37. The van der Waals surface area contributed by atoms with Crippen LogP contribution in [0.15, 0.2) is 4.99 Å². The molecule has 0 aromatic rings. The Bertz CT molecular complexity index is 207. The fourth-order valence-electron chi connectivity index (χ4n) is 1.84. The smallest absolute Gasteiger partial charge is 0.188 e. The third-order valence-electron chi connectivity index (χ3n) is 3.37. The van der Waals surface area contributed by atoms with Crippen LogP contribution >= 0.6 is 0 Å². The predicted octanol–water partition coefficient (Wildman–Crippen LogP) is 1.03. The van der Waals surface area contributed by atoms with Crippen molar-refractivity contribution in [2.24, 2.45) is 16.6 Å². The molecule has 0 radical (unpaired) electrons. The van der Waals surface area contributed by atoms with Gasteiger partial charge in [0.2, 0.25) is 0 Å². The Morgan fingerprint density at radius 3 is 2.56 bits per heavy atom. The van der Waals surface area contributed by atoms with E-state index in [-0.39, 0.29) is 0 Å². The lowest BCUT2D eigenvalue weighted by molar-refractivity contribution is 0.308. The van der Waals surface area contributed by atoms with Crippen molar-refractivity contribution in [3.63, 3.8) is 0 Å². The molecule has 0 amide bonds. The van der Waals surface area contributed by atoms with E-state index in [2.05, 4.69) is 29.1 Å². The molecule has 94 valence electrons. The molecule has 0 aromatic heterocycles. The van der Waals surface area contributed by atoms with E-state index in [4.69, 9.17) is 5.73 Å². The normalized spacial score (nSPS) is 17.6. The first-order valence-electron chi connectivity index (χ1n) is 6.52. The standard InChI is InChI=1S/C12H26N4/c1-3-16(4-2)9-8-14-12(13)15-10-11-6-5-7-11/h11H,3-10H2,1-2H3,(H3,13,14,15). The van der Waals surface area contributed by atoms with Crippen molar-refractivity contribution in [1.29, 1.82) is 0 Å². The molecule has 0 atom stereocenters. The minimum Gasteiger partial charge on any atom is -0.370 e. The zero-order chi connectivity index (χ0) is 11.8. The molecule has 0 heterocycles. The molecule has 0 aromatic carbocycles. The quantitative estimate of drug-likeness (QED) is 0.503. The molecule has 16 heavy (non-hydrogen) atoms. The van der Waals surface area contributed by atoms with Gasteiger partial charge in [-0.05, 0) is 31.8 Å². The Hall–Kier alpha value is -0.770. The number of likely N-dealkylation sites (N-methyl/N-ethyl adjacent to an activating group) is 1. The summed E-state index contributed by atoms with van der Waals surface area (Å²) >= 11 is 0. The summed E-state index contributed by atoms with van der Waals surface area (Å²) in [5, 5.41) is 3.17. The number of aliphatic imine (C=N–C) groups is 1. The Balaban J connectivity index is 2.06. The number of hydrogen-bond donors (Lipinski definition) is 2. The molecule has 0 aliphatic heterocycles. The van der Waals surface area contributed by atoms with Crippen LogP contribution in [0, 0.1) is 5.92 Å². The largest absolute Gasteiger partial charge is 0.370 e. The molecule has 3 N–H and O–H groups in total. The van der Waals surface area contributed by atoms with Gasteiger partial charge in [-0.1, -0.05) is 20.3 Å². The monoisotopic (exact) mass is 226 g/mol. The number of nitrogens with two attached hydrogens (primary N) is 1. The molecule has 1 fully saturated rings. The first-order chi connectivity index (χ1) is 7.76. The summed E-state index contributed by atoms with van der Waals surface area (Å²) in [6, 6.07) is 0. The van der Waals surface area contributed by atoms with Crippen LogP contribution in [0.3, 0.4) is 0 Å². The van der Waals surface area contributed by atoms with Crippen LogP contribution in [0.4, 0.5) is 0 Å². The van der Waals surface area contributed by atoms with E-state index >= 15 is 0 Å². The molecule has 0 unspecified atom stereocenters. The summed E-state index contributed by atoms with van der Waals surface area (Å²) in [7, 11) is 0. The van der Waals surface area contributed by atoms with Gasteiger partial charge in [0.1, 0.15) is 0 Å². The lowest BCUT2D eigenvalue weighted by Gasteiger charge is -2.23. The van der Waals surface area contributed by atoms with Crippen LogP contribution in [0.1, 0.15) is 33.1 Å². The average molecular weight is 226 g/mol. The number of nitrogens with one attached hydrogen (secondary N) is 1. The maximum absolute atomic E-state index is 5.79. The van der Waals surface area contributed by atoms with E-state index < -0.39 is 0 Å². The van der Waals surface area contributed by atoms with Crippen molar-refractivity contribution < 1.29 is 0 Å². The summed E-state index contributed by atoms with van der Waals surface area (Å²) in [6.45, 7) is 9.38. The molecular formula is C12H26N4. The molecule has 0 spiro atoms. The number of nitrogens with zero attached hydrogens (tertiary/aromatic N) is 2. The zero-order valence-corrected chi connectivity index (χ0v) is 10.7. The summed E-state index contributed by atoms with van der Waals surface area (Å²) in [5.74, 6) is 1.40. The van der Waals surface area contributed by atoms with Crippen LogP contribution in [0.2, 0.25) is 0 Å². The second-order valence-corrected chi connectivity index (χ2v) is 4.48. The average Bonchev–Trinajstić information content (AvgIpc) is 2.22. The fourth-order valence-corrected chi connectivity index (χ4v) is 1.84. The lowest BCUT2D eigenvalue weighted by Crippen LogP contribution is -2.39. The first kappa shape index (κ1) is 13.3. The summed E-state index contributed by atoms with van der Waals surface area (Å²) in [6.07, 6.45) is 4.03. The second kappa shape index (κ2) is 7.49. The Morgan fingerprint density at radius 2 is 2.06 bits per heavy atom. The van der Waals surface area contributed by atoms with Crippen molar-refractivity contribution in [2.45, 2.75) is 33.1 Å². The van der Waals surface area contributed by atoms with E-state index in [0.29, 0.717) is 5.96 Å². The van der Waals surface area contributed by atoms with Gasteiger partial charge in [0.15, 0.2) is 5.96 Å². The minimum atomic E-state index is 0.610. The molecule has 4 heteroatoms. The van der Waals surface area contributed by atoms with E-state index in [1.54, 1.807) is 0 Å². The van der Waals surface area contributed by atoms with Crippen LogP contribution in [-0.2, 0) is 0 Å². The van der Waals surface area contributed by atoms with Crippen LogP contribution in [0.5, 0.6) is 0 Å². The lowest BCUT2D eigenvalue weighted by atomic mass is 9.86. The highest BCUT2D eigenvalue weighted by molar-refractivity contribution is 5.77. The van der Waals surface area contributed by atoms with Gasteiger partial charge in [-0.15, -0.1) is 0 Å². The van der Waals surface area contributed by atoms with Gasteiger partial charge in [0, 0.05) is 19.6 Å². The maximum Gasteiger partial charge on any atom is 0.188 e. The molecule has 0 bridgehead atoms. The second-order valence-electron chi connectivity index (χ2n) is 4.48. The van der Waals surface area contributed by atoms with Gasteiger partial charge in [-0.3, -0.25) is 4.99 Å². The van der Waals surface area contributed by atoms with E-state index in [9.17, 15) is 0 Å². The molecule has 1 saturated carbocycles. The molecular weight excluding hydrogens is 200 g/mol. The Morgan fingerprint density at radius 1 is 1.38 bits per heavy atom. The van der Waals surface area contributed by atoms with Gasteiger partial charge in [-0.25, -0.2) is 0 Å². The van der Waals surface area contributed by atoms with E-state index in [0.717, 1.165) is 38.6 Å². The molecule has 0 saturated heterocycles. The van der Waals surface area contributed by atoms with Crippen molar-refractivity contribution >= 4 is 5.96 Å². The van der Waals surface area contributed by atoms with Crippen LogP contribution < -0.4 is 11.1 Å². The fraction of sp³-hybridized carbons (Fsp3) is 0.917. The summed E-state index contributed by atoms with van der Waals surface area (Å²) < 4.78 is 0. The van der Waals surface area contributed by atoms with Gasteiger partial charge in [-0.2, -0.15) is 0 Å². The molecule has 1 rings (SSSR count).